The van der Waals surface area contributed by atoms with Crippen LogP contribution in [0.2, 0.25) is 5.02 Å². The van der Waals surface area contributed by atoms with Crippen molar-refractivity contribution < 1.29 is 4.79 Å². The van der Waals surface area contributed by atoms with E-state index in [9.17, 15) is 4.79 Å². The molecule has 2 rings (SSSR count). The Labute approximate surface area is 110 Å². The molecule has 2 aromatic rings. The number of rotatable bonds is 4. The molecule has 1 heterocycles. The number of nitrogens with two attached hydrogens (primary N) is 1. The van der Waals surface area contributed by atoms with Gasteiger partial charge in [0.2, 0.25) is 5.91 Å². The zero-order chi connectivity index (χ0) is 13.1. The van der Waals surface area contributed by atoms with E-state index in [2.05, 4.69) is 10.4 Å². The van der Waals surface area contributed by atoms with Gasteiger partial charge in [0, 0.05) is 31.0 Å². The molecule has 1 aromatic heterocycles. The van der Waals surface area contributed by atoms with Crippen molar-refractivity contribution in [3.63, 3.8) is 0 Å². The lowest BCUT2D eigenvalue weighted by Crippen LogP contribution is -2.12. The first-order chi connectivity index (χ1) is 8.56. The van der Waals surface area contributed by atoms with E-state index in [4.69, 9.17) is 17.3 Å². The van der Waals surface area contributed by atoms with Crippen LogP contribution in [0, 0.1) is 0 Å². The number of hydrogen-bond donors (Lipinski definition) is 2. The van der Waals surface area contributed by atoms with Crippen LogP contribution >= 0.6 is 11.6 Å². The molecule has 0 atom stereocenters. The second-order valence-corrected chi connectivity index (χ2v) is 4.34. The molecule has 0 saturated carbocycles. The molecule has 18 heavy (non-hydrogen) atoms. The van der Waals surface area contributed by atoms with E-state index in [1.807, 2.05) is 13.2 Å². The van der Waals surface area contributed by atoms with Gasteiger partial charge in [0.15, 0.2) is 0 Å². The molecule has 0 aliphatic rings. The lowest BCUT2D eigenvalue weighted by atomic mass is 10.2. The molecule has 1 amide bonds. The fourth-order valence-electron chi connectivity index (χ4n) is 1.59. The maximum atomic E-state index is 11.1. The van der Waals surface area contributed by atoms with E-state index in [0.717, 1.165) is 11.3 Å². The van der Waals surface area contributed by atoms with Crippen LogP contribution in [0.3, 0.4) is 0 Å². The SMILES string of the molecule is Cn1cc(CNc2ccc(Cl)c(C(N)=O)c2)cn1. The number of anilines is 1. The molecule has 6 heteroatoms. The highest BCUT2D eigenvalue weighted by molar-refractivity contribution is 6.33. The van der Waals surface area contributed by atoms with Gasteiger partial charge in [-0.05, 0) is 18.2 Å². The number of amides is 1. The average molecular weight is 265 g/mol. The molecule has 0 radical (unpaired) electrons. The molecular formula is C12H13ClN4O. The average Bonchev–Trinajstić information content (AvgIpc) is 2.74. The summed E-state index contributed by atoms with van der Waals surface area (Å²) in [6.07, 6.45) is 3.69. The van der Waals surface area contributed by atoms with Crippen molar-refractivity contribution in [2.24, 2.45) is 12.8 Å². The predicted octanol–water partition coefficient (Wildman–Crippen LogP) is 1.78. The summed E-state index contributed by atoms with van der Waals surface area (Å²) in [5.74, 6) is -0.537. The number of nitrogens with zero attached hydrogens (tertiary/aromatic N) is 2. The van der Waals surface area contributed by atoms with Crippen molar-refractivity contribution >= 4 is 23.2 Å². The van der Waals surface area contributed by atoms with Gasteiger partial charge in [-0.3, -0.25) is 9.48 Å². The minimum atomic E-state index is -0.537. The molecule has 0 fully saturated rings. The molecule has 0 aliphatic carbocycles. The number of aryl methyl sites for hydroxylation is 1. The van der Waals surface area contributed by atoms with Crippen LogP contribution in [0.1, 0.15) is 15.9 Å². The maximum Gasteiger partial charge on any atom is 0.250 e. The fourth-order valence-corrected chi connectivity index (χ4v) is 1.80. The third kappa shape index (κ3) is 2.81. The second kappa shape index (κ2) is 5.10. The Balaban J connectivity index is 2.10. The van der Waals surface area contributed by atoms with E-state index in [-0.39, 0.29) is 0 Å². The number of hydrogen-bond acceptors (Lipinski definition) is 3. The summed E-state index contributed by atoms with van der Waals surface area (Å²) in [7, 11) is 1.86. The molecular weight excluding hydrogens is 252 g/mol. The van der Waals surface area contributed by atoms with Crippen LogP contribution in [0.15, 0.2) is 30.6 Å². The number of carbonyl (C=O) groups is 1. The molecule has 94 valence electrons. The standard InChI is InChI=1S/C12H13ClN4O/c1-17-7-8(6-16-17)5-15-9-2-3-11(13)10(4-9)12(14)18/h2-4,6-7,15H,5H2,1H3,(H2,14,18). The quantitative estimate of drug-likeness (QED) is 0.884. The van der Waals surface area contributed by atoms with Crippen molar-refractivity contribution in [3.05, 3.63) is 46.7 Å². The molecule has 0 bridgehead atoms. The van der Waals surface area contributed by atoms with Crippen molar-refractivity contribution in [2.45, 2.75) is 6.54 Å². The van der Waals surface area contributed by atoms with Crippen LogP contribution < -0.4 is 11.1 Å². The Bertz CT molecular complexity index is 579. The summed E-state index contributed by atoms with van der Waals surface area (Å²) < 4.78 is 1.73. The Kier molecular flexibility index (Phi) is 3.53. The molecule has 3 N–H and O–H groups in total. The molecule has 0 aliphatic heterocycles. The lowest BCUT2D eigenvalue weighted by molar-refractivity contribution is 0.100. The van der Waals surface area contributed by atoms with Crippen molar-refractivity contribution in [3.8, 4) is 0 Å². The van der Waals surface area contributed by atoms with E-state index >= 15 is 0 Å². The number of aromatic nitrogens is 2. The highest BCUT2D eigenvalue weighted by atomic mass is 35.5. The first kappa shape index (κ1) is 12.4. The number of carbonyl (C=O) groups excluding carboxylic acids is 1. The minimum Gasteiger partial charge on any atom is -0.381 e. The summed E-state index contributed by atoms with van der Waals surface area (Å²) >= 11 is 5.87. The smallest absolute Gasteiger partial charge is 0.250 e. The summed E-state index contributed by atoms with van der Waals surface area (Å²) in [5.41, 5.74) is 7.38. The lowest BCUT2D eigenvalue weighted by Gasteiger charge is -2.07. The van der Waals surface area contributed by atoms with Gasteiger partial charge in [0.25, 0.3) is 0 Å². The first-order valence-corrected chi connectivity index (χ1v) is 5.75. The summed E-state index contributed by atoms with van der Waals surface area (Å²) in [6, 6.07) is 5.08. The molecule has 0 saturated heterocycles. The Hall–Kier alpha value is -2.01. The number of nitrogens with one attached hydrogen (secondary N) is 1. The Morgan fingerprint density at radius 3 is 2.94 bits per heavy atom. The van der Waals surface area contributed by atoms with Crippen LogP contribution in [0.25, 0.3) is 0 Å². The molecule has 0 spiro atoms. The van der Waals surface area contributed by atoms with Crippen molar-refractivity contribution in [1.82, 2.24) is 9.78 Å². The third-order valence-electron chi connectivity index (χ3n) is 2.49. The van der Waals surface area contributed by atoms with Crippen LogP contribution in [0.4, 0.5) is 5.69 Å². The Morgan fingerprint density at radius 2 is 2.33 bits per heavy atom. The summed E-state index contributed by atoms with van der Waals surface area (Å²) in [6.45, 7) is 0.619. The van der Waals surface area contributed by atoms with Gasteiger partial charge in [-0.2, -0.15) is 5.10 Å². The van der Waals surface area contributed by atoms with Crippen LogP contribution in [-0.4, -0.2) is 15.7 Å². The monoisotopic (exact) mass is 264 g/mol. The normalized spacial score (nSPS) is 10.3. The first-order valence-electron chi connectivity index (χ1n) is 5.37. The highest BCUT2D eigenvalue weighted by Crippen LogP contribution is 2.20. The van der Waals surface area contributed by atoms with Crippen molar-refractivity contribution in [2.75, 3.05) is 5.32 Å². The molecule has 1 aromatic carbocycles. The predicted molar refractivity (Wildman–Crippen MR) is 70.5 cm³/mol. The van der Waals surface area contributed by atoms with Gasteiger partial charge in [0.1, 0.15) is 0 Å². The highest BCUT2D eigenvalue weighted by Gasteiger charge is 2.07. The van der Waals surface area contributed by atoms with E-state index < -0.39 is 5.91 Å². The van der Waals surface area contributed by atoms with Gasteiger partial charge >= 0.3 is 0 Å². The minimum absolute atomic E-state index is 0.313. The largest absolute Gasteiger partial charge is 0.381 e. The zero-order valence-corrected chi connectivity index (χ0v) is 10.6. The zero-order valence-electron chi connectivity index (χ0n) is 9.85. The fraction of sp³-hybridized carbons (Fsp3) is 0.167. The molecule has 5 nitrogen and oxygen atoms in total. The van der Waals surface area contributed by atoms with Crippen molar-refractivity contribution in [1.29, 1.82) is 0 Å². The molecule has 0 unspecified atom stereocenters. The van der Waals surface area contributed by atoms with Gasteiger partial charge in [-0.15, -0.1) is 0 Å². The van der Waals surface area contributed by atoms with Gasteiger partial charge in [0.05, 0.1) is 16.8 Å². The third-order valence-corrected chi connectivity index (χ3v) is 2.82. The summed E-state index contributed by atoms with van der Waals surface area (Å²) in [4.78, 5) is 11.1. The van der Waals surface area contributed by atoms with Gasteiger partial charge < -0.3 is 11.1 Å². The topological polar surface area (TPSA) is 72.9 Å². The number of benzene rings is 1. The maximum absolute atomic E-state index is 11.1. The van der Waals surface area contributed by atoms with Gasteiger partial charge in [-0.25, -0.2) is 0 Å². The van der Waals surface area contributed by atoms with Gasteiger partial charge in [-0.1, -0.05) is 11.6 Å². The summed E-state index contributed by atoms with van der Waals surface area (Å²) in [5, 5.41) is 7.60. The van der Waals surface area contributed by atoms with Crippen LogP contribution in [0.5, 0.6) is 0 Å². The van der Waals surface area contributed by atoms with E-state index in [1.54, 1.807) is 29.1 Å². The second-order valence-electron chi connectivity index (χ2n) is 3.93. The van der Waals surface area contributed by atoms with Crippen LogP contribution in [-0.2, 0) is 13.6 Å². The van der Waals surface area contributed by atoms with E-state index in [1.165, 1.54) is 0 Å². The number of primary amides is 1. The Morgan fingerprint density at radius 1 is 1.56 bits per heavy atom. The number of halogens is 1. The van der Waals surface area contributed by atoms with E-state index in [0.29, 0.717) is 17.1 Å².